The van der Waals surface area contributed by atoms with Crippen LogP contribution < -0.4 is 10.2 Å². The summed E-state index contributed by atoms with van der Waals surface area (Å²) >= 11 is 12.0. The highest BCUT2D eigenvalue weighted by molar-refractivity contribution is 6.31. The van der Waals surface area contributed by atoms with Gasteiger partial charge in [0.2, 0.25) is 5.76 Å². The number of ether oxygens (including phenoxy) is 3. The lowest BCUT2D eigenvalue weighted by Gasteiger charge is -2.21. The molecule has 0 fully saturated rings. The fraction of sp³-hybridized carbons (Fsp3) is 0.158. The highest BCUT2D eigenvalue weighted by Crippen LogP contribution is 2.32. The van der Waals surface area contributed by atoms with Gasteiger partial charge in [0.15, 0.2) is 12.2 Å². The standard InChI is InChI=1S/C19H12Cl2O6/c20-12-1-2-16-14(5-12)15(22)6-17(27-16)19(23)25-8-11-4-13(21)3-10-7-24-9-26-18(10)11/h1-6H,7-9H2. The van der Waals surface area contributed by atoms with E-state index in [4.69, 9.17) is 41.8 Å². The van der Waals surface area contributed by atoms with Crippen molar-refractivity contribution >= 4 is 40.1 Å². The zero-order chi connectivity index (χ0) is 19.0. The number of rotatable bonds is 3. The van der Waals surface area contributed by atoms with Crippen molar-refractivity contribution in [3.8, 4) is 5.75 Å². The van der Waals surface area contributed by atoms with Crippen molar-refractivity contribution in [2.45, 2.75) is 13.2 Å². The van der Waals surface area contributed by atoms with Crippen LogP contribution >= 0.6 is 23.2 Å². The fourth-order valence-corrected chi connectivity index (χ4v) is 3.24. The molecule has 8 heteroatoms. The number of esters is 1. The second-order valence-electron chi connectivity index (χ2n) is 5.86. The predicted octanol–water partition coefficient (Wildman–Crippen LogP) is 4.32. The Kier molecular flexibility index (Phi) is 4.78. The van der Waals surface area contributed by atoms with E-state index in [0.717, 1.165) is 11.6 Å². The maximum absolute atomic E-state index is 12.4. The Morgan fingerprint density at radius 1 is 1.11 bits per heavy atom. The van der Waals surface area contributed by atoms with Gasteiger partial charge in [0.1, 0.15) is 17.9 Å². The summed E-state index contributed by atoms with van der Waals surface area (Å²) in [4.78, 5) is 24.5. The molecule has 138 valence electrons. The van der Waals surface area contributed by atoms with Gasteiger partial charge < -0.3 is 18.6 Å². The van der Waals surface area contributed by atoms with Gasteiger partial charge in [-0.2, -0.15) is 0 Å². The lowest BCUT2D eigenvalue weighted by molar-refractivity contribution is -0.0180. The summed E-state index contributed by atoms with van der Waals surface area (Å²) in [5.41, 5.74) is 1.24. The van der Waals surface area contributed by atoms with Crippen molar-refractivity contribution < 1.29 is 23.4 Å². The second kappa shape index (κ2) is 7.23. The summed E-state index contributed by atoms with van der Waals surface area (Å²) in [6.45, 7) is 0.376. The van der Waals surface area contributed by atoms with Crippen LogP contribution in [0, 0.1) is 0 Å². The van der Waals surface area contributed by atoms with Gasteiger partial charge in [-0.05, 0) is 30.3 Å². The summed E-state index contributed by atoms with van der Waals surface area (Å²) in [5, 5.41) is 1.17. The Morgan fingerprint density at radius 2 is 1.96 bits per heavy atom. The van der Waals surface area contributed by atoms with E-state index < -0.39 is 5.97 Å². The van der Waals surface area contributed by atoms with Crippen LogP contribution in [0.25, 0.3) is 11.0 Å². The molecule has 3 aromatic rings. The summed E-state index contributed by atoms with van der Waals surface area (Å²) in [6, 6.07) is 9.04. The normalized spacial score (nSPS) is 13.1. The second-order valence-corrected chi connectivity index (χ2v) is 6.73. The molecule has 1 aliphatic rings. The van der Waals surface area contributed by atoms with E-state index in [9.17, 15) is 9.59 Å². The van der Waals surface area contributed by atoms with Crippen molar-refractivity contribution in [3.63, 3.8) is 0 Å². The van der Waals surface area contributed by atoms with Crippen molar-refractivity contribution in [3.05, 3.63) is 73.6 Å². The number of benzene rings is 2. The van der Waals surface area contributed by atoms with Crippen molar-refractivity contribution in [2.24, 2.45) is 0 Å². The molecule has 0 bridgehead atoms. The van der Waals surface area contributed by atoms with Crippen LogP contribution in [0.1, 0.15) is 21.7 Å². The van der Waals surface area contributed by atoms with E-state index in [1.165, 1.54) is 12.1 Å². The van der Waals surface area contributed by atoms with Gasteiger partial charge in [-0.15, -0.1) is 0 Å². The molecule has 2 heterocycles. The third-order valence-corrected chi connectivity index (χ3v) is 4.45. The average Bonchev–Trinajstić information content (AvgIpc) is 2.66. The topological polar surface area (TPSA) is 75.0 Å². The predicted molar refractivity (Wildman–Crippen MR) is 98.3 cm³/mol. The first kappa shape index (κ1) is 17.9. The molecule has 0 N–H and O–H groups in total. The molecular weight excluding hydrogens is 395 g/mol. The maximum atomic E-state index is 12.4. The van der Waals surface area contributed by atoms with E-state index in [1.54, 1.807) is 18.2 Å². The molecule has 2 aromatic carbocycles. The Bertz CT molecular complexity index is 1110. The lowest BCUT2D eigenvalue weighted by Crippen LogP contribution is -2.15. The van der Waals surface area contributed by atoms with Gasteiger partial charge in [0.25, 0.3) is 0 Å². The molecule has 0 amide bonds. The van der Waals surface area contributed by atoms with Gasteiger partial charge >= 0.3 is 5.97 Å². The summed E-state index contributed by atoms with van der Waals surface area (Å²) in [7, 11) is 0. The third-order valence-electron chi connectivity index (χ3n) is 4.00. The van der Waals surface area contributed by atoms with Gasteiger partial charge in [-0.3, -0.25) is 4.79 Å². The van der Waals surface area contributed by atoms with E-state index in [-0.39, 0.29) is 35.6 Å². The Balaban J connectivity index is 1.59. The number of carbonyl (C=O) groups excluding carboxylic acids is 1. The minimum atomic E-state index is -0.773. The van der Waals surface area contributed by atoms with Gasteiger partial charge in [-0.1, -0.05) is 23.2 Å². The fourth-order valence-electron chi connectivity index (χ4n) is 2.81. The Labute approximate surface area is 163 Å². The van der Waals surface area contributed by atoms with E-state index in [0.29, 0.717) is 28.0 Å². The highest BCUT2D eigenvalue weighted by Gasteiger charge is 2.19. The zero-order valence-electron chi connectivity index (χ0n) is 13.8. The van der Waals surface area contributed by atoms with Crippen molar-refractivity contribution in [1.29, 1.82) is 0 Å². The van der Waals surface area contributed by atoms with Crippen LogP contribution in [-0.4, -0.2) is 12.8 Å². The number of carbonyl (C=O) groups is 1. The molecule has 0 saturated heterocycles. The number of hydrogen-bond acceptors (Lipinski definition) is 6. The molecule has 0 aliphatic carbocycles. The smallest absolute Gasteiger partial charge is 0.374 e. The molecule has 1 aromatic heterocycles. The Morgan fingerprint density at radius 3 is 2.81 bits per heavy atom. The largest absolute Gasteiger partial charge is 0.467 e. The highest BCUT2D eigenvalue weighted by atomic mass is 35.5. The van der Waals surface area contributed by atoms with Crippen LogP contribution in [0.3, 0.4) is 0 Å². The first-order valence-corrected chi connectivity index (χ1v) is 8.69. The monoisotopic (exact) mass is 406 g/mol. The molecule has 0 spiro atoms. The van der Waals surface area contributed by atoms with Crippen LogP contribution in [-0.2, 0) is 22.7 Å². The molecular formula is C19H12Cl2O6. The molecule has 0 atom stereocenters. The van der Waals surface area contributed by atoms with E-state index in [2.05, 4.69) is 0 Å². The van der Waals surface area contributed by atoms with Crippen molar-refractivity contribution in [1.82, 2.24) is 0 Å². The zero-order valence-corrected chi connectivity index (χ0v) is 15.3. The van der Waals surface area contributed by atoms with Crippen LogP contribution in [0.4, 0.5) is 0 Å². The lowest BCUT2D eigenvalue weighted by atomic mass is 10.1. The van der Waals surface area contributed by atoms with Gasteiger partial charge in [0.05, 0.1) is 12.0 Å². The number of fused-ring (bicyclic) bond motifs is 2. The summed E-state index contributed by atoms with van der Waals surface area (Å²) in [6.07, 6.45) is 0. The first-order chi connectivity index (χ1) is 13.0. The maximum Gasteiger partial charge on any atom is 0.374 e. The van der Waals surface area contributed by atoms with Crippen LogP contribution in [0.5, 0.6) is 5.75 Å². The van der Waals surface area contributed by atoms with Crippen molar-refractivity contribution in [2.75, 3.05) is 6.79 Å². The molecule has 1 aliphatic heterocycles. The van der Waals surface area contributed by atoms with Crippen LogP contribution in [0.15, 0.2) is 45.6 Å². The summed E-state index contributed by atoms with van der Waals surface area (Å²) < 4.78 is 21.5. The molecule has 27 heavy (non-hydrogen) atoms. The summed E-state index contributed by atoms with van der Waals surface area (Å²) in [5.74, 6) is -0.396. The number of hydrogen-bond donors (Lipinski definition) is 0. The minimum absolute atomic E-state index is 0.0932. The molecule has 0 saturated carbocycles. The molecule has 4 rings (SSSR count). The first-order valence-electron chi connectivity index (χ1n) is 7.93. The van der Waals surface area contributed by atoms with Crippen LogP contribution in [0.2, 0.25) is 10.0 Å². The minimum Gasteiger partial charge on any atom is -0.467 e. The van der Waals surface area contributed by atoms with E-state index >= 15 is 0 Å². The number of halogens is 2. The molecule has 6 nitrogen and oxygen atoms in total. The third kappa shape index (κ3) is 3.64. The SMILES string of the molecule is O=C(OCc1cc(Cl)cc2c1OCOC2)c1cc(=O)c2cc(Cl)ccc2o1. The molecule has 0 unspecified atom stereocenters. The quantitative estimate of drug-likeness (QED) is 0.602. The van der Waals surface area contributed by atoms with Gasteiger partial charge in [-0.25, -0.2) is 4.79 Å². The Hall–Kier alpha value is -2.54. The molecule has 0 radical (unpaired) electrons. The van der Waals surface area contributed by atoms with E-state index in [1.807, 2.05) is 0 Å². The average molecular weight is 407 g/mol. The van der Waals surface area contributed by atoms with Gasteiger partial charge in [0, 0.05) is 27.2 Å².